The van der Waals surface area contributed by atoms with Gasteiger partial charge in [0.1, 0.15) is 0 Å². The van der Waals surface area contributed by atoms with Gasteiger partial charge in [0.2, 0.25) is 0 Å². The van der Waals surface area contributed by atoms with Gasteiger partial charge in [-0.25, -0.2) is 4.79 Å². The topological polar surface area (TPSA) is 56.9 Å². The maximum Gasteiger partial charge on any atom is 0.319 e. The van der Waals surface area contributed by atoms with Crippen molar-refractivity contribution in [3.8, 4) is 0 Å². The van der Waals surface area contributed by atoms with Gasteiger partial charge in [-0.15, -0.1) is 0 Å². The summed E-state index contributed by atoms with van der Waals surface area (Å²) in [6, 6.07) is 26.1. The molecule has 4 heteroatoms. The zero-order valence-corrected chi connectivity index (χ0v) is 15.8. The summed E-state index contributed by atoms with van der Waals surface area (Å²) in [5.74, 6) is 0.0561. The van der Waals surface area contributed by atoms with Crippen LogP contribution in [0.5, 0.6) is 0 Å². The summed E-state index contributed by atoms with van der Waals surface area (Å²) in [5, 5.41) is 7.13. The number of fused-ring (bicyclic) bond motifs is 1. The van der Waals surface area contributed by atoms with Crippen LogP contribution in [-0.2, 0) is 0 Å². The van der Waals surface area contributed by atoms with Gasteiger partial charge in [0, 0.05) is 35.2 Å². The Balaban J connectivity index is 1.56. The number of rotatable bonds is 5. The standard InChI is InChI=1S/C24H23N3O/c1-17-8-7-11-19(14-17)27-24(28)26-15-21(18-9-3-2-4-10-18)22-16-25-23-13-6-5-12-20(22)23/h2-14,16,21,25H,15H2,1H3,(H2,26,27,28). The van der Waals surface area contributed by atoms with E-state index in [0.29, 0.717) is 6.54 Å². The SMILES string of the molecule is Cc1cccc(NC(=O)NCC(c2ccccc2)c2c[nH]c3ccccc23)c1. The van der Waals surface area contributed by atoms with E-state index in [2.05, 4.69) is 39.9 Å². The van der Waals surface area contributed by atoms with Crippen LogP contribution in [0.4, 0.5) is 10.5 Å². The van der Waals surface area contributed by atoms with E-state index in [1.54, 1.807) is 0 Å². The molecule has 0 spiro atoms. The molecule has 2 amide bonds. The maximum absolute atomic E-state index is 12.5. The molecule has 0 radical (unpaired) electrons. The van der Waals surface area contributed by atoms with Crippen molar-refractivity contribution in [2.75, 3.05) is 11.9 Å². The summed E-state index contributed by atoms with van der Waals surface area (Å²) in [6.07, 6.45) is 2.04. The molecule has 1 unspecified atom stereocenters. The molecule has 0 saturated heterocycles. The second-order valence-corrected chi connectivity index (χ2v) is 6.96. The van der Waals surface area contributed by atoms with Crippen LogP contribution in [0.3, 0.4) is 0 Å². The number of benzene rings is 3. The number of carbonyl (C=O) groups excluding carboxylic acids is 1. The Labute approximate surface area is 164 Å². The molecule has 0 aliphatic heterocycles. The Bertz CT molecular complexity index is 1090. The monoisotopic (exact) mass is 369 g/mol. The lowest BCUT2D eigenvalue weighted by Gasteiger charge is -2.18. The fraction of sp³-hybridized carbons (Fsp3) is 0.125. The van der Waals surface area contributed by atoms with Gasteiger partial charge >= 0.3 is 6.03 Å². The lowest BCUT2D eigenvalue weighted by molar-refractivity contribution is 0.252. The first-order chi connectivity index (χ1) is 13.7. The van der Waals surface area contributed by atoms with Crippen LogP contribution in [0.15, 0.2) is 85.1 Å². The van der Waals surface area contributed by atoms with Gasteiger partial charge in [-0.2, -0.15) is 0 Å². The van der Waals surface area contributed by atoms with Crippen molar-refractivity contribution in [3.63, 3.8) is 0 Å². The Kier molecular flexibility index (Phi) is 5.11. The third-order valence-corrected chi connectivity index (χ3v) is 4.94. The minimum absolute atomic E-state index is 0.0561. The smallest absolute Gasteiger partial charge is 0.319 e. The third kappa shape index (κ3) is 3.91. The minimum Gasteiger partial charge on any atom is -0.361 e. The number of H-pyrrole nitrogens is 1. The van der Waals surface area contributed by atoms with Gasteiger partial charge in [-0.3, -0.25) is 0 Å². The van der Waals surface area contributed by atoms with Crippen molar-refractivity contribution in [3.05, 3.63) is 102 Å². The van der Waals surface area contributed by atoms with Crippen molar-refractivity contribution >= 4 is 22.6 Å². The van der Waals surface area contributed by atoms with E-state index >= 15 is 0 Å². The zero-order chi connectivity index (χ0) is 19.3. The van der Waals surface area contributed by atoms with Crippen molar-refractivity contribution in [2.24, 2.45) is 0 Å². The second kappa shape index (κ2) is 8.01. The molecule has 0 saturated carbocycles. The van der Waals surface area contributed by atoms with Crippen molar-refractivity contribution < 1.29 is 4.79 Å². The highest BCUT2D eigenvalue weighted by Gasteiger charge is 2.19. The molecule has 3 aromatic carbocycles. The molecule has 4 aromatic rings. The molecule has 28 heavy (non-hydrogen) atoms. The van der Waals surface area contributed by atoms with E-state index in [9.17, 15) is 4.79 Å². The Hall–Kier alpha value is -3.53. The molecular formula is C24H23N3O. The molecule has 0 fully saturated rings. The van der Waals surface area contributed by atoms with E-state index < -0.39 is 0 Å². The van der Waals surface area contributed by atoms with Crippen LogP contribution < -0.4 is 10.6 Å². The number of aromatic nitrogens is 1. The van der Waals surface area contributed by atoms with E-state index in [0.717, 1.165) is 16.8 Å². The molecule has 4 rings (SSSR count). The first-order valence-corrected chi connectivity index (χ1v) is 9.43. The second-order valence-electron chi connectivity index (χ2n) is 6.96. The van der Waals surface area contributed by atoms with Crippen LogP contribution in [0, 0.1) is 6.92 Å². The molecule has 3 N–H and O–H groups in total. The van der Waals surface area contributed by atoms with Gasteiger partial charge in [-0.1, -0.05) is 60.7 Å². The number of carbonyl (C=O) groups is 1. The summed E-state index contributed by atoms with van der Waals surface area (Å²) in [7, 11) is 0. The molecule has 1 atom stereocenters. The lowest BCUT2D eigenvalue weighted by atomic mass is 9.91. The van der Waals surface area contributed by atoms with Gasteiger partial charge < -0.3 is 15.6 Å². The van der Waals surface area contributed by atoms with Crippen molar-refractivity contribution in [1.29, 1.82) is 0 Å². The minimum atomic E-state index is -0.202. The fourth-order valence-electron chi connectivity index (χ4n) is 3.57. The summed E-state index contributed by atoms with van der Waals surface area (Å²) in [5.41, 5.74) is 5.35. The average molecular weight is 369 g/mol. The molecule has 0 aliphatic rings. The molecule has 4 nitrogen and oxygen atoms in total. The van der Waals surface area contributed by atoms with Crippen LogP contribution in [-0.4, -0.2) is 17.6 Å². The van der Waals surface area contributed by atoms with E-state index in [-0.39, 0.29) is 11.9 Å². The van der Waals surface area contributed by atoms with Crippen molar-refractivity contribution in [2.45, 2.75) is 12.8 Å². The molecular weight excluding hydrogens is 346 g/mol. The zero-order valence-electron chi connectivity index (χ0n) is 15.8. The summed E-state index contributed by atoms with van der Waals surface area (Å²) < 4.78 is 0. The average Bonchev–Trinajstić information content (AvgIpc) is 3.13. The fourth-order valence-corrected chi connectivity index (χ4v) is 3.57. The number of anilines is 1. The molecule has 1 aromatic heterocycles. The third-order valence-electron chi connectivity index (χ3n) is 4.94. The number of para-hydroxylation sites is 1. The Morgan fingerprint density at radius 2 is 1.75 bits per heavy atom. The largest absolute Gasteiger partial charge is 0.361 e. The summed E-state index contributed by atoms with van der Waals surface area (Å²) in [6.45, 7) is 2.51. The first-order valence-electron chi connectivity index (χ1n) is 9.43. The number of aromatic amines is 1. The van der Waals surface area contributed by atoms with Crippen LogP contribution in [0.25, 0.3) is 10.9 Å². The molecule has 140 valence electrons. The summed E-state index contributed by atoms with van der Waals surface area (Å²) in [4.78, 5) is 15.8. The van der Waals surface area contributed by atoms with E-state index in [1.165, 1.54) is 16.5 Å². The van der Waals surface area contributed by atoms with E-state index in [1.807, 2.05) is 67.7 Å². The highest BCUT2D eigenvalue weighted by atomic mass is 16.2. The normalized spacial score (nSPS) is 11.9. The highest BCUT2D eigenvalue weighted by molar-refractivity contribution is 5.89. The number of amides is 2. The quantitative estimate of drug-likeness (QED) is 0.432. The molecule has 0 aliphatic carbocycles. The van der Waals surface area contributed by atoms with Gasteiger partial charge in [-0.05, 0) is 41.8 Å². The number of nitrogens with one attached hydrogen (secondary N) is 3. The number of hydrogen-bond acceptors (Lipinski definition) is 1. The predicted molar refractivity (Wildman–Crippen MR) is 115 cm³/mol. The van der Waals surface area contributed by atoms with Gasteiger partial charge in [0.05, 0.1) is 0 Å². The Morgan fingerprint density at radius 1 is 0.964 bits per heavy atom. The van der Waals surface area contributed by atoms with Gasteiger partial charge in [0.25, 0.3) is 0 Å². The lowest BCUT2D eigenvalue weighted by Crippen LogP contribution is -2.32. The van der Waals surface area contributed by atoms with Crippen molar-refractivity contribution in [1.82, 2.24) is 10.3 Å². The first kappa shape index (κ1) is 17.9. The van der Waals surface area contributed by atoms with Crippen LogP contribution in [0.1, 0.15) is 22.6 Å². The molecule has 0 bridgehead atoms. The Morgan fingerprint density at radius 3 is 2.57 bits per heavy atom. The maximum atomic E-state index is 12.5. The van der Waals surface area contributed by atoms with Gasteiger partial charge in [0.15, 0.2) is 0 Å². The number of urea groups is 1. The van der Waals surface area contributed by atoms with Crippen LogP contribution >= 0.6 is 0 Å². The predicted octanol–water partition coefficient (Wildman–Crippen LogP) is 5.43. The summed E-state index contributed by atoms with van der Waals surface area (Å²) >= 11 is 0. The number of aryl methyl sites for hydroxylation is 1. The number of hydrogen-bond donors (Lipinski definition) is 3. The molecule has 1 heterocycles. The highest BCUT2D eigenvalue weighted by Crippen LogP contribution is 2.30. The van der Waals surface area contributed by atoms with Crippen LogP contribution in [0.2, 0.25) is 0 Å². The van der Waals surface area contributed by atoms with E-state index in [4.69, 9.17) is 0 Å².